The molecule has 0 radical (unpaired) electrons. The molecule has 0 aliphatic heterocycles. The highest BCUT2D eigenvalue weighted by Crippen LogP contribution is 2.22. The Morgan fingerprint density at radius 3 is 1.93 bits per heavy atom. The van der Waals surface area contributed by atoms with Gasteiger partial charge in [0.05, 0.1) is 0 Å². The Morgan fingerprint density at radius 2 is 1.37 bits per heavy atom. The minimum atomic E-state index is 0.387. The first kappa shape index (κ1) is 18.0. The summed E-state index contributed by atoms with van der Waals surface area (Å²) in [7, 11) is 1.74. The van der Waals surface area contributed by atoms with Crippen LogP contribution in [0.1, 0.15) is 11.1 Å². The highest BCUT2D eigenvalue weighted by atomic mass is 15.3. The van der Waals surface area contributed by atoms with Crippen molar-refractivity contribution in [2.45, 2.75) is 13.8 Å². The van der Waals surface area contributed by atoms with E-state index in [4.69, 9.17) is 5.53 Å². The molecule has 0 amide bonds. The predicted molar refractivity (Wildman–Crippen MR) is 107 cm³/mol. The van der Waals surface area contributed by atoms with Crippen molar-refractivity contribution >= 4 is 34.9 Å². The molecule has 0 aliphatic carbocycles. The van der Waals surface area contributed by atoms with Gasteiger partial charge in [-0.25, -0.2) is 0 Å². The second-order valence-corrected chi connectivity index (χ2v) is 5.92. The lowest BCUT2D eigenvalue weighted by molar-refractivity contribution is 1.06. The minimum absolute atomic E-state index is 0.387. The molecule has 0 bridgehead atoms. The van der Waals surface area contributed by atoms with Crippen molar-refractivity contribution in [2.24, 2.45) is 5.11 Å². The molecule has 3 aromatic rings. The fraction of sp³-hybridized carbons (Fsp3) is 0.167. The number of aryl methyl sites for hydroxylation is 2. The molecule has 9 nitrogen and oxygen atoms in total. The Hall–Kier alpha value is -3.84. The highest BCUT2D eigenvalue weighted by molar-refractivity contribution is 5.61. The Balaban J connectivity index is 1.85. The summed E-state index contributed by atoms with van der Waals surface area (Å²) in [6, 6.07) is 13.1. The highest BCUT2D eigenvalue weighted by Gasteiger charge is 2.07. The molecular weight excluding hydrogens is 342 g/mol. The zero-order valence-corrected chi connectivity index (χ0v) is 15.2. The van der Waals surface area contributed by atoms with E-state index < -0.39 is 0 Å². The molecule has 1 aromatic heterocycles. The van der Waals surface area contributed by atoms with Gasteiger partial charge in [-0.15, -0.1) is 0 Å². The molecule has 0 saturated heterocycles. The maximum absolute atomic E-state index is 8.47. The van der Waals surface area contributed by atoms with E-state index in [1.165, 1.54) is 0 Å². The van der Waals surface area contributed by atoms with Gasteiger partial charge in [-0.1, -0.05) is 23.3 Å². The van der Waals surface area contributed by atoms with Crippen molar-refractivity contribution in [2.75, 3.05) is 23.0 Å². The van der Waals surface area contributed by atoms with Gasteiger partial charge in [0, 0.05) is 29.0 Å². The Morgan fingerprint density at radius 1 is 0.815 bits per heavy atom. The van der Waals surface area contributed by atoms with Crippen LogP contribution in [0.3, 0.4) is 0 Å². The van der Waals surface area contributed by atoms with Crippen molar-refractivity contribution in [3.05, 3.63) is 64.0 Å². The maximum atomic E-state index is 8.47. The van der Waals surface area contributed by atoms with E-state index in [1.807, 2.05) is 26.0 Å². The lowest BCUT2D eigenvalue weighted by Crippen LogP contribution is -2.07. The van der Waals surface area contributed by atoms with Gasteiger partial charge in [0.15, 0.2) is 0 Å². The SMILES string of the molecule is CNc1nc(Nc2ccc(N=[N+]=[N-])cc2)nc(Nc2cc(C)cc(C)c2)n1. The molecule has 1 heterocycles. The van der Waals surface area contributed by atoms with E-state index in [1.54, 1.807) is 31.3 Å². The lowest BCUT2D eigenvalue weighted by Gasteiger charge is -2.11. The smallest absolute Gasteiger partial charge is 0.233 e. The lowest BCUT2D eigenvalue weighted by atomic mass is 10.1. The third-order valence-corrected chi connectivity index (χ3v) is 3.62. The normalized spacial score (nSPS) is 10.0. The van der Waals surface area contributed by atoms with E-state index in [0.717, 1.165) is 22.5 Å². The van der Waals surface area contributed by atoms with E-state index >= 15 is 0 Å². The van der Waals surface area contributed by atoms with Crippen molar-refractivity contribution < 1.29 is 0 Å². The number of rotatable bonds is 6. The van der Waals surface area contributed by atoms with Crippen LogP contribution in [0.25, 0.3) is 10.4 Å². The fourth-order valence-corrected chi connectivity index (χ4v) is 2.57. The van der Waals surface area contributed by atoms with Gasteiger partial charge >= 0.3 is 0 Å². The van der Waals surface area contributed by atoms with Crippen LogP contribution in [0, 0.1) is 13.8 Å². The second-order valence-electron chi connectivity index (χ2n) is 5.92. The average molecular weight is 361 g/mol. The molecule has 2 aromatic carbocycles. The molecular formula is C18H19N9. The Labute approximate surface area is 156 Å². The van der Waals surface area contributed by atoms with Gasteiger partial charge in [0.25, 0.3) is 0 Å². The summed E-state index contributed by atoms with van der Waals surface area (Å²) in [5.74, 6) is 1.25. The van der Waals surface area contributed by atoms with Crippen molar-refractivity contribution in [3.63, 3.8) is 0 Å². The number of benzene rings is 2. The molecule has 0 atom stereocenters. The van der Waals surface area contributed by atoms with Crippen LogP contribution in [-0.2, 0) is 0 Å². The van der Waals surface area contributed by atoms with Crippen molar-refractivity contribution in [1.29, 1.82) is 0 Å². The number of azide groups is 1. The molecule has 3 rings (SSSR count). The molecule has 27 heavy (non-hydrogen) atoms. The van der Waals surface area contributed by atoms with Gasteiger partial charge in [-0.3, -0.25) is 0 Å². The molecule has 0 spiro atoms. The van der Waals surface area contributed by atoms with E-state index in [-0.39, 0.29) is 0 Å². The minimum Gasteiger partial charge on any atom is -0.357 e. The summed E-state index contributed by atoms with van der Waals surface area (Å²) in [6.07, 6.45) is 0. The van der Waals surface area contributed by atoms with Gasteiger partial charge < -0.3 is 16.0 Å². The number of aromatic nitrogens is 3. The van der Waals surface area contributed by atoms with Crippen molar-refractivity contribution in [1.82, 2.24) is 15.0 Å². The molecule has 0 aliphatic rings. The Kier molecular flexibility index (Phi) is 5.34. The van der Waals surface area contributed by atoms with Gasteiger partial charge in [-0.05, 0) is 54.8 Å². The third kappa shape index (κ3) is 4.83. The molecule has 0 fully saturated rings. The summed E-state index contributed by atoms with van der Waals surface area (Å²) < 4.78 is 0. The quantitative estimate of drug-likeness (QED) is 0.324. The molecule has 9 heteroatoms. The van der Waals surface area contributed by atoms with Crippen LogP contribution in [0.2, 0.25) is 0 Å². The number of hydrogen-bond donors (Lipinski definition) is 3. The zero-order valence-electron chi connectivity index (χ0n) is 15.2. The van der Waals surface area contributed by atoms with Gasteiger partial charge in [0.2, 0.25) is 17.8 Å². The molecule has 0 saturated carbocycles. The zero-order chi connectivity index (χ0) is 19.2. The number of hydrogen-bond acceptors (Lipinski definition) is 7. The first-order valence-electron chi connectivity index (χ1n) is 8.27. The number of nitrogens with one attached hydrogen (secondary N) is 3. The summed E-state index contributed by atoms with van der Waals surface area (Å²) in [5, 5.41) is 12.8. The van der Waals surface area contributed by atoms with Crippen LogP contribution in [-0.4, -0.2) is 22.0 Å². The van der Waals surface area contributed by atoms with Crippen LogP contribution < -0.4 is 16.0 Å². The molecule has 0 unspecified atom stereocenters. The average Bonchev–Trinajstić information content (AvgIpc) is 2.62. The monoisotopic (exact) mass is 361 g/mol. The van der Waals surface area contributed by atoms with Crippen LogP contribution >= 0.6 is 0 Å². The maximum Gasteiger partial charge on any atom is 0.233 e. The van der Waals surface area contributed by atoms with E-state index in [2.05, 4.69) is 47.0 Å². The molecule has 3 N–H and O–H groups in total. The topological polar surface area (TPSA) is 124 Å². The largest absolute Gasteiger partial charge is 0.357 e. The van der Waals surface area contributed by atoms with Crippen LogP contribution in [0.4, 0.5) is 34.9 Å². The first-order chi connectivity index (χ1) is 13.1. The summed E-state index contributed by atoms with van der Waals surface area (Å²) >= 11 is 0. The molecule has 136 valence electrons. The van der Waals surface area contributed by atoms with E-state index in [9.17, 15) is 0 Å². The van der Waals surface area contributed by atoms with Gasteiger partial charge in [0.1, 0.15) is 0 Å². The third-order valence-electron chi connectivity index (χ3n) is 3.62. The van der Waals surface area contributed by atoms with E-state index in [0.29, 0.717) is 23.5 Å². The van der Waals surface area contributed by atoms with Crippen molar-refractivity contribution in [3.8, 4) is 0 Å². The fourth-order valence-electron chi connectivity index (χ4n) is 2.57. The second kappa shape index (κ2) is 8.03. The summed E-state index contributed by atoms with van der Waals surface area (Å²) in [6.45, 7) is 4.08. The van der Waals surface area contributed by atoms with Crippen LogP contribution in [0.5, 0.6) is 0 Å². The first-order valence-corrected chi connectivity index (χ1v) is 8.27. The number of nitrogens with zero attached hydrogens (tertiary/aromatic N) is 6. The Bertz CT molecular complexity index is 972. The number of anilines is 5. The standard InChI is InChI=1S/C18H19N9/c1-11-8-12(2)10-15(9-11)22-18-24-16(20-3)23-17(25-18)21-13-4-6-14(7-5-13)26-27-19/h4-10H,1-3H3,(H3,20,21,22,23,24,25). The van der Waals surface area contributed by atoms with Crippen LogP contribution in [0.15, 0.2) is 47.6 Å². The summed E-state index contributed by atoms with van der Waals surface area (Å²) in [4.78, 5) is 15.8. The predicted octanol–water partition coefficient (Wildman–Crippen LogP) is 4.96. The summed E-state index contributed by atoms with van der Waals surface area (Å²) in [5.41, 5.74) is 13.0. The van der Waals surface area contributed by atoms with Gasteiger partial charge in [-0.2, -0.15) is 15.0 Å².